The van der Waals surface area contributed by atoms with Crippen LogP contribution < -0.4 is 10.9 Å². The van der Waals surface area contributed by atoms with Gasteiger partial charge in [-0.25, -0.2) is 9.35 Å². The summed E-state index contributed by atoms with van der Waals surface area (Å²) in [5.74, 6) is -0.386. The molecule has 0 aliphatic rings. The van der Waals surface area contributed by atoms with Crippen molar-refractivity contribution in [3.63, 3.8) is 0 Å². The Hall–Kier alpha value is -1.35. The van der Waals surface area contributed by atoms with E-state index >= 15 is 0 Å². The van der Waals surface area contributed by atoms with E-state index in [1.807, 2.05) is 19.9 Å². The number of carbonyl (C=O) groups excluding carboxylic acids is 1. The van der Waals surface area contributed by atoms with Crippen LogP contribution in [0.15, 0.2) is 33.0 Å². The van der Waals surface area contributed by atoms with Crippen LogP contribution in [0.25, 0.3) is 10.2 Å². The largest absolute Gasteiger partial charge is 0.320 e. The zero-order chi connectivity index (χ0) is 15.6. The van der Waals surface area contributed by atoms with E-state index in [4.69, 9.17) is 10.9 Å². The highest BCUT2D eigenvalue weighted by atomic mass is 32.2. The summed E-state index contributed by atoms with van der Waals surface area (Å²) in [6.45, 7) is 3.90. The van der Waals surface area contributed by atoms with Gasteiger partial charge in [0.05, 0.1) is 21.2 Å². The van der Waals surface area contributed by atoms with E-state index < -0.39 is 21.9 Å². The van der Waals surface area contributed by atoms with Crippen molar-refractivity contribution in [2.75, 3.05) is 0 Å². The number of fused-ring (bicyclic) bond motifs is 1. The number of nitrogens with zero attached hydrogens (tertiary/aromatic N) is 2. The lowest BCUT2D eigenvalue weighted by Gasteiger charge is -2.10. The zero-order valence-electron chi connectivity index (χ0n) is 11.9. The normalized spacial score (nSPS) is 15.9. The minimum absolute atomic E-state index is 0.247. The molecule has 0 saturated carbocycles. The summed E-state index contributed by atoms with van der Waals surface area (Å²) < 4.78 is 17.1. The lowest BCUT2D eigenvalue weighted by atomic mass is 10.0. The molecular formula is C13H18N4O2S2. The maximum Gasteiger partial charge on any atom is 0.271 e. The lowest BCUT2D eigenvalue weighted by molar-refractivity contribution is -0.119. The molecule has 0 aliphatic carbocycles. The van der Waals surface area contributed by atoms with Crippen molar-refractivity contribution in [2.45, 2.75) is 31.2 Å². The van der Waals surface area contributed by atoms with Crippen LogP contribution in [0, 0.1) is 5.92 Å². The molecule has 0 aromatic carbocycles. The maximum atomic E-state index is 12.6. The monoisotopic (exact) mass is 326 g/mol. The van der Waals surface area contributed by atoms with Gasteiger partial charge in [-0.2, -0.15) is 0 Å². The van der Waals surface area contributed by atoms with E-state index in [9.17, 15) is 9.00 Å². The van der Waals surface area contributed by atoms with Crippen molar-refractivity contribution < 1.29 is 9.00 Å². The second-order valence-electron chi connectivity index (χ2n) is 5.18. The van der Waals surface area contributed by atoms with Crippen LogP contribution in [-0.2, 0) is 14.7 Å². The zero-order valence-corrected chi connectivity index (χ0v) is 13.5. The summed E-state index contributed by atoms with van der Waals surface area (Å²) in [5, 5.41) is 7.40. The molecule has 114 valence electrons. The molecule has 1 amide bonds. The molecule has 6 nitrogen and oxygen atoms in total. The fourth-order valence-corrected chi connectivity index (χ4v) is 4.39. The maximum absolute atomic E-state index is 12.6. The number of thiophene rings is 1. The summed E-state index contributed by atoms with van der Waals surface area (Å²) in [6.07, 6.45) is 2.06. The Labute approximate surface area is 127 Å². The van der Waals surface area contributed by atoms with Gasteiger partial charge in [-0.15, -0.1) is 15.7 Å². The van der Waals surface area contributed by atoms with Crippen LogP contribution in [0.3, 0.4) is 0 Å². The number of carbonyl (C=O) groups is 1. The first-order valence-corrected chi connectivity index (χ1v) is 8.93. The van der Waals surface area contributed by atoms with Gasteiger partial charge in [0.2, 0.25) is 0 Å². The van der Waals surface area contributed by atoms with Gasteiger partial charge in [-0.05, 0) is 24.5 Å². The molecule has 2 atom stereocenters. The van der Waals surface area contributed by atoms with Crippen molar-refractivity contribution in [2.24, 2.45) is 21.2 Å². The van der Waals surface area contributed by atoms with Crippen LogP contribution in [0.4, 0.5) is 0 Å². The third-order valence-corrected chi connectivity index (χ3v) is 5.36. The SMILES string of the molecule is CC(C)C[C@H](N)C(=O)N=S(N)(=O)c1csc2cccnc12. The predicted octanol–water partition coefficient (Wildman–Crippen LogP) is 1.90. The molecule has 2 rings (SSSR count). The highest BCUT2D eigenvalue weighted by Gasteiger charge is 2.20. The van der Waals surface area contributed by atoms with Crippen molar-refractivity contribution >= 4 is 37.4 Å². The minimum Gasteiger partial charge on any atom is -0.320 e. The molecule has 0 fully saturated rings. The minimum atomic E-state index is -3.33. The first kappa shape index (κ1) is 16.0. The van der Waals surface area contributed by atoms with Crippen molar-refractivity contribution in [1.29, 1.82) is 0 Å². The van der Waals surface area contributed by atoms with E-state index in [1.165, 1.54) is 11.3 Å². The van der Waals surface area contributed by atoms with E-state index in [-0.39, 0.29) is 10.8 Å². The Bertz CT molecular complexity index is 775. The number of hydrogen-bond acceptors (Lipinski definition) is 5. The molecule has 2 aromatic heterocycles. The number of nitrogens with two attached hydrogens (primary N) is 2. The highest BCUT2D eigenvalue weighted by molar-refractivity contribution is 7.92. The van der Waals surface area contributed by atoms with E-state index in [0.29, 0.717) is 11.9 Å². The molecule has 1 unspecified atom stereocenters. The Morgan fingerprint density at radius 3 is 2.90 bits per heavy atom. The Morgan fingerprint density at radius 2 is 2.24 bits per heavy atom. The summed E-state index contributed by atoms with van der Waals surface area (Å²) in [5.41, 5.74) is 6.27. The van der Waals surface area contributed by atoms with Gasteiger partial charge in [0.25, 0.3) is 5.91 Å². The quantitative estimate of drug-likeness (QED) is 0.893. The fraction of sp³-hybridized carbons (Fsp3) is 0.385. The number of aromatic nitrogens is 1. The summed E-state index contributed by atoms with van der Waals surface area (Å²) in [7, 11) is -3.33. The van der Waals surface area contributed by atoms with E-state index in [1.54, 1.807) is 17.6 Å². The smallest absolute Gasteiger partial charge is 0.271 e. The standard InChI is InChI=1S/C13H18N4O2S2/c1-8(2)6-9(14)13(18)17-21(15,19)11-7-20-10-4-3-5-16-12(10)11/h3-5,7-9H,6,14H2,1-2H3,(H2,15,17,18,19)/t9-,21?/m0/s1. The summed E-state index contributed by atoms with van der Waals surface area (Å²) in [6, 6.07) is 2.84. The van der Waals surface area contributed by atoms with Crippen LogP contribution in [-0.4, -0.2) is 21.1 Å². The number of hydrogen-bond donors (Lipinski definition) is 2. The third-order valence-electron chi connectivity index (χ3n) is 2.88. The van der Waals surface area contributed by atoms with Crippen molar-refractivity contribution in [3.05, 3.63) is 23.7 Å². The molecule has 8 heteroatoms. The van der Waals surface area contributed by atoms with Gasteiger partial charge < -0.3 is 5.73 Å². The first-order chi connectivity index (χ1) is 9.81. The van der Waals surface area contributed by atoms with Gasteiger partial charge in [0.15, 0.2) is 0 Å². The topological polar surface area (TPSA) is 111 Å². The third kappa shape index (κ3) is 3.65. The van der Waals surface area contributed by atoms with Crippen LogP contribution in [0.2, 0.25) is 0 Å². The van der Waals surface area contributed by atoms with Crippen molar-refractivity contribution in [1.82, 2.24) is 4.98 Å². The Morgan fingerprint density at radius 1 is 1.52 bits per heavy atom. The lowest BCUT2D eigenvalue weighted by Crippen LogP contribution is -2.32. The average molecular weight is 326 g/mol. The Balaban J connectivity index is 2.39. The molecule has 2 heterocycles. The van der Waals surface area contributed by atoms with E-state index in [0.717, 1.165) is 4.70 Å². The molecule has 4 N–H and O–H groups in total. The van der Waals surface area contributed by atoms with Gasteiger partial charge in [-0.1, -0.05) is 13.8 Å². The van der Waals surface area contributed by atoms with Gasteiger partial charge in [0.1, 0.15) is 9.92 Å². The fourth-order valence-electron chi connectivity index (χ4n) is 1.91. The van der Waals surface area contributed by atoms with Gasteiger partial charge in [0, 0.05) is 11.6 Å². The molecule has 0 spiro atoms. The Kier molecular flexibility index (Phi) is 4.72. The molecule has 21 heavy (non-hydrogen) atoms. The molecule has 0 radical (unpaired) electrons. The highest BCUT2D eigenvalue weighted by Crippen LogP contribution is 2.27. The summed E-state index contributed by atoms with van der Waals surface area (Å²) >= 11 is 1.36. The number of rotatable bonds is 4. The van der Waals surface area contributed by atoms with Gasteiger partial charge >= 0.3 is 0 Å². The number of amides is 1. The molecule has 0 aliphatic heterocycles. The van der Waals surface area contributed by atoms with E-state index in [2.05, 4.69) is 9.35 Å². The average Bonchev–Trinajstić information content (AvgIpc) is 2.81. The van der Waals surface area contributed by atoms with Crippen LogP contribution in [0.5, 0.6) is 0 Å². The first-order valence-electron chi connectivity index (χ1n) is 6.48. The molecule has 0 bridgehead atoms. The van der Waals surface area contributed by atoms with Crippen LogP contribution in [0.1, 0.15) is 20.3 Å². The van der Waals surface area contributed by atoms with Gasteiger partial charge in [-0.3, -0.25) is 9.78 Å². The van der Waals surface area contributed by atoms with Crippen molar-refractivity contribution in [3.8, 4) is 0 Å². The molecule has 2 aromatic rings. The predicted molar refractivity (Wildman–Crippen MR) is 85.1 cm³/mol. The second kappa shape index (κ2) is 6.18. The van der Waals surface area contributed by atoms with Crippen LogP contribution >= 0.6 is 11.3 Å². The summed E-state index contributed by atoms with van der Waals surface area (Å²) in [4.78, 5) is 16.4. The molecular weight excluding hydrogens is 308 g/mol. The molecule has 0 saturated heterocycles. The number of pyridine rings is 1. The second-order valence-corrected chi connectivity index (χ2v) is 7.86.